The lowest BCUT2D eigenvalue weighted by atomic mass is 10.2. The summed E-state index contributed by atoms with van der Waals surface area (Å²) in [6, 6.07) is 8.40. The summed E-state index contributed by atoms with van der Waals surface area (Å²) >= 11 is 0. The van der Waals surface area contributed by atoms with Crippen LogP contribution in [-0.4, -0.2) is 30.8 Å². The largest absolute Gasteiger partial charge is 0.497 e. The molecule has 3 aromatic rings. The molecule has 0 amide bonds. The van der Waals surface area contributed by atoms with Crippen LogP contribution in [0.25, 0.3) is 16.5 Å². The number of nitrogens with one attached hydrogen (secondary N) is 2. The number of ether oxygens (including phenoxy) is 2. The molecular weight excluding hydrogens is 330 g/mol. The molecule has 0 atom stereocenters. The van der Waals surface area contributed by atoms with Gasteiger partial charge in [-0.25, -0.2) is 4.98 Å². The number of oxazole rings is 1. The number of hydrogen-bond donors (Lipinski definition) is 2. The zero-order valence-electron chi connectivity index (χ0n) is 14.8. The molecule has 26 heavy (non-hydrogen) atoms. The van der Waals surface area contributed by atoms with Crippen LogP contribution in [0.4, 0.5) is 11.7 Å². The number of hydrogen-bond acceptors (Lipinski definition) is 5. The van der Waals surface area contributed by atoms with Gasteiger partial charge in [-0.2, -0.15) is 0 Å². The zero-order valence-corrected chi connectivity index (χ0v) is 14.8. The first-order chi connectivity index (χ1) is 12.7. The van der Waals surface area contributed by atoms with Crippen LogP contribution in [0.3, 0.4) is 0 Å². The second kappa shape index (κ2) is 8.22. The predicted molar refractivity (Wildman–Crippen MR) is 103 cm³/mol. The maximum atomic E-state index is 5.86. The van der Waals surface area contributed by atoms with Crippen LogP contribution in [0.2, 0.25) is 0 Å². The van der Waals surface area contributed by atoms with Crippen molar-refractivity contribution < 1.29 is 13.9 Å². The SMILES string of the molecule is C=C(/C=C\C(=C/COC)c1cnc(Nc2cccc3cc[nH]c23)o1)OC. The molecule has 1 aromatic carbocycles. The van der Waals surface area contributed by atoms with Crippen molar-refractivity contribution in [2.75, 3.05) is 26.1 Å². The van der Waals surface area contributed by atoms with Crippen molar-refractivity contribution >= 4 is 28.2 Å². The van der Waals surface area contributed by atoms with Crippen molar-refractivity contribution in [3.63, 3.8) is 0 Å². The van der Waals surface area contributed by atoms with E-state index in [0.29, 0.717) is 24.1 Å². The highest BCUT2D eigenvalue weighted by Crippen LogP contribution is 2.27. The van der Waals surface area contributed by atoms with Gasteiger partial charge in [-0.05, 0) is 30.4 Å². The van der Waals surface area contributed by atoms with Crippen molar-refractivity contribution in [2.24, 2.45) is 0 Å². The molecule has 0 saturated carbocycles. The lowest BCUT2D eigenvalue weighted by molar-refractivity contribution is 0.234. The summed E-state index contributed by atoms with van der Waals surface area (Å²) in [5.74, 6) is 1.16. The van der Waals surface area contributed by atoms with E-state index in [2.05, 4.69) is 21.9 Å². The number of methoxy groups -OCH3 is 2. The minimum Gasteiger partial charge on any atom is -0.497 e. The molecule has 6 nitrogen and oxygen atoms in total. The summed E-state index contributed by atoms with van der Waals surface area (Å²) in [6.45, 7) is 4.22. The topological polar surface area (TPSA) is 72.3 Å². The molecular formula is C20H21N3O3. The van der Waals surface area contributed by atoms with E-state index in [-0.39, 0.29) is 0 Å². The molecule has 0 bridgehead atoms. The van der Waals surface area contributed by atoms with E-state index in [1.807, 2.05) is 42.6 Å². The highest BCUT2D eigenvalue weighted by atomic mass is 16.5. The zero-order chi connectivity index (χ0) is 18.4. The van der Waals surface area contributed by atoms with E-state index in [1.54, 1.807) is 26.5 Å². The average molecular weight is 351 g/mol. The molecule has 0 unspecified atom stereocenters. The molecule has 2 N–H and O–H groups in total. The van der Waals surface area contributed by atoms with E-state index in [0.717, 1.165) is 22.2 Å². The summed E-state index contributed by atoms with van der Waals surface area (Å²) < 4.78 is 16.0. The molecule has 0 fully saturated rings. The number of aromatic nitrogens is 2. The van der Waals surface area contributed by atoms with Crippen LogP contribution >= 0.6 is 0 Å². The fourth-order valence-electron chi connectivity index (χ4n) is 2.44. The summed E-state index contributed by atoms with van der Waals surface area (Å²) in [5, 5.41) is 4.32. The van der Waals surface area contributed by atoms with Crippen molar-refractivity contribution in [3.8, 4) is 0 Å². The monoisotopic (exact) mass is 351 g/mol. The molecule has 0 spiro atoms. The average Bonchev–Trinajstić information content (AvgIpc) is 3.31. The van der Waals surface area contributed by atoms with Crippen LogP contribution in [0, 0.1) is 0 Å². The normalized spacial score (nSPS) is 12.0. The summed E-state index contributed by atoms with van der Waals surface area (Å²) in [6.07, 6.45) is 9.07. The first kappa shape index (κ1) is 17.6. The Morgan fingerprint density at radius 1 is 1.31 bits per heavy atom. The Bertz CT molecular complexity index is 950. The summed E-state index contributed by atoms with van der Waals surface area (Å²) in [5.41, 5.74) is 2.72. The van der Waals surface area contributed by atoms with Gasteiger partial charge >= 0.3 is 0 Å². The number of allylic oxidation sites excluding steroid dienone is 3. The molecule has 134 valence electrons. The number of nitrogens with zero attached hydrogens (tertiary/aromatic N) is 1. The van der Waals surface area contributed by atoms with Gasteiger partial charge in [0.25, 0.3) is 6.01 Å². The molecule has 0 aliphatic carbocycles. The van der Waals surface area contributed by atoms with Crippen molar-refractivity contribution in [1.29, 1.82) is 0 Å². The van der Waals surface area contributed by atoms with Crippen LogP contribution in [0.15, 0.2) is 71.6 Å². The van der Waals surface area contributed by atoms with E-state index >= 15 is 0 Å². The minimum atomic E-state index is 0.407. The molecule has 0 aliphatic rings. The first-order valence-corrected chi connectivity index (χ1v) is 8.10. The van der Waals surface area contributed by atoms with Crippen LogP contribution < -0.4 is 5.32 Å². The Labute approximate surface area is 151 Å². The number of anilines is 2. The van der Waals surface area contributed by atoms with E-state index in [4.69, 9.17) is 13.9 Å². The molecule has 0 radical (unpaired) electrons. The lowest BCUT2D eigenvalue weighted by Crippen LogP contribution is -1.91. The maximum absolute atomic E-state index is 5.86. The first-order valence-electron chi connectivity index (χ1n) is 8.10. The number of fused-ring (bicyclic) bond motifs is 1. The number of H-pyrrole nitrogens is 1. The molecule has 6 heteroatoms. The van der Waals surface area contributed by atoms with E-state index < -0.39 is 0 Å². The number of benzene rings is 1. The van der Waals surface area contributed by atoms with Gasteiger partial charge in [0.2, 0.25) is 0 Å². The van der Waals surface area contributed by atoms with Crippen molar-refractivity contribution in [2.45, 2.75) is 0 Å². The highest BCUT2D eigenvalue weighted by molar-refractivity contribution is 5.92. The lowest BCUT2D eigenvalue weighted by Gasteiger charge is -2.04. The highest BCUT2D eigenvalue weighted by Gasteiger charge is 2.09. The van der Waals surface area contributed by atoms with Gasteiger partial charge in [0.15, 0.2) is 5.76 Å². The van der Waals surface area contributed by atoms with Gasteiger partial charge in [0, 0.05) is 24.3 Å². The smallest absolute Gasteiger partial charge is 0.299 e. The third kappa shape index (κ3) is 4.04. The Kier molecular flexibility index (Phi) is 5.56. The Morgan fingerprint density at radius 3 is 3.00 bits per heavy atom. The molecule has 3 rings (SSSR count). The van der Waals surface area contributed by atoms with Crippen molar-refractivity contribution in [1.82, 2.24) is 9.97 Å². The second-order valence-corrected chi connectivity index (χ2v) is 5.52. The van der Waals surface area contributed by atoms with E-state index in [9.17, 15) is 0 Å². The van der Waals surface area contributed by atoms with Crippen LogP contribution in [0.1, 0.15) is 5.76 Å². The Hall–Kier alpha value is -3.25. The predicted octanol–water partition coefficient (Wildman–Crippen LogP) is 4.65. The standard InChI is InChI=1S/C20H21N3O3/c1-14(25-3)7-8-15(10-12-24-2)18-13-22-20(26-18)23-17-6-4-5-16-9-11-21-19(16)17/h4-11,13,21H,1,12H2,2-3H3,(H,22,23)/b8-7-,15-10+. The van der Waals surface area contributed by atoms with E-state index in [1.165, 1.54) is 0 Å². The Balaban J connectivity index is 1.83. The molecule has 2 heterocycles. The van der Waals surface area contributed by atoms with Gasteiger partial charge < -0.3 is 24.2 Å². The molecule has 0 saturated heterocycles. The number of rotatable bonds is 8. The Morgan fingerprint density at radius 2 is 2.19 bits per heavy atom. The van der Waals surface area contributed by atoms with Crippen LogP contribution in [0.5, 0.6) is 0 Å². The second-order valence-electron chi connectivity index (χ2n) is 5.52. The van der Waals surface area contributed by atoms with Crippen LogP contribution in [-0.2, 0) is 9.47 Å². The molecule has 0 aliphatic heterocycles. The van der Waals surface area contributed by atoms with Gasteiger partial charge in [-0.1, -0.05) is 18.7 Å². The van der Waals surface area contributed by atoms with Crippen molar-refractivity contribution in [3.05, 3.63) is 73.0 Å². The third-order valence-electron chi connectivity index (χ3n) is 3.80. The third-order valence-corrected chi connectivity index (χ3v) is 3.80. The number of para-hydroxylation sites is 1. The van der Waals surface area contributed by atoms with Gasteiger partial charge in [-0.3, -0.25) is 0 Å². The minimum absolute atomic E-state index is 0.407. The maximum Gasteiger partial charge on any atom is 0.299 e. The number of aromatic amines is 1. The summed E-state index contributed by atoms with van der Waals surface area (Å²) in [7, 11) is 3.21. The summed E-state index contributed by atoms with van der Waals surface area (Å²) in [4.78, 5) is 7.53. The van der Waals surface area contributed by atoms with Gasteiger partial charge in [0.05, 0.1) is 31.1 Å². The fraction of sp³-hybridized carbons (Fsp3) is 0.150. The molecule has 2 aromatic heterocycles. The quantitative estimate of drug-likeness (QED) is 0.457. The van der Waals surface area contributed by atoms with Gasteiger partial charge in [0.1, 0.15) is 5.76 Å². The fourth-order valence-corrected chi connectivity index (χ4v) is 2.44. The van der Waals surface area contributed by atoms with Gasteiger partial charge in [-0.15, -0.1) is 0 Å².